The Labute approximate surface area is 131 Å². The summed E-state index contributed by atoms with van der Waals surface area (Å²) in [5.41, 5.74) is 2.50. The smallest absolute Gasteiger partial charge is 0.140 e. The third-order valence-corrected chi connectivity index (χ3v) is 3.84. The van der Waals surface area contributed by atoms with Crippen LogP contribution in [0.5, 0.6) is 0 Å². The van der Waals surface area contributed by atoms with Crippen molar-refractivity contribution in [2.45, 2.75) is 13.5 Å². The molecule has 0 spiro atoms. The van der Waals surface area contributed by atoms with E-state index in [9.17, 15) is 4.39 Å². The third kappa shape index (κ3) is 2.28. The minimum atomic E-state index is -0.337. The number of nitrogens with zero attached hydrogens (tertiary/aromatic N) is 4. The molecule has 4 rings (SSSR count). The lowest BCUT2D eigenvalue weighted by atomic mass is 10.2. The van der Waals surface area contributed by atoms with Gasteiger partial charge in [0, 0.05) is 6.20 Å². The number of pyridine rings is 1. The standard InChI is InChI=1S/C17H14FN5/c1-11-22-14(15-7-2-3-8-23(11)15)9-19-17-16-12(18)5-4-6-13(16)20-10-21-17/h2-8,10H,9H2,1H3,(H,19,20,21). The highest BCUT2D eigenvalue weighted by Gasteiger charge is 2.11. The molecule has 6 heteroatoms. The molecule has 114 valence electrons. The monoisotopic (exact) mass is 307 g/mol. The van der Waals surface area contributed by atoms with Gasteiger partial charge in [-0.05, 0) is 31.2 Å². The zero-order chi connectivity index (χ0) is 15.8. The van der Waals surface area contributed by atoms with Crippen molar-refractivity contribution in [3.8, 4) is 0 Å². The van der Waals surface area contributed by atoms with E-state index in [1.807, 2.05) is 35.7 Å². The summed E-state index contributed by atoms with van der Waals surface area (Å²) in [4.78, 5) is 12.8. The lowest BCUT2D eigenvalue weighted by molar-refractivity contribution is 0.639. The van der Waals surface area contributed by atoms with Gasteiger partial charge in [-0.1, -0.05) is 12.1 Å². The number of imidazole rings is 1. The molecule has 0 radical (unpaired) electrons. The summed E-state index contributed by atoms with van der Waals surface area (Å²) >= 11 is 0. The van der Waals surface area contributed by atoms with E-state index in [1.165, 1.54) is 12.4 Å². The summed E-state index contributed by atoms with van der Waals surface area (Å²) < 4.78 is 16.1. The molecule has 0 amide bonds. The van der Waals surface area contributed by atoms with Gasteiger partial charge in [0.25, 0.3) is 0 Å². The summed E-state index contributed by atoms with van der Waals surface area (Å²) in [7, 11) is 0. The number of fused-ring (bicyclic) bond motifs is 2. The molecule has 0 aliphatic carbocycles. The van der Waals surface area contributed by atoms with Crippen molar-refractivity contribution in [2.24, 2.45) is 0 Å². The van der Waals surface area contributed by atoms with Crippen molar-refractivity contribution in [2.75, 3.05) is 5.32 Å². The molecule has 4 aromatic rings. The van der Waals surface area contributed by atoms with E-state index >= 15 is 0 Å². The maximum atomic E-state index is 14.1. The second-order valence-electron chi connectivity index (χ2n) is 5.27. The van der Waals surface area contributed by atoms with E-state index in [2.05, 4.69) is 20.3 Å². The van der Waals surface area contributed by atoms with Crippen molar-refractivity contribution in [1.82, 2.24) is 19.4 Å². The number of halogens is 1. The molecular weight excluding hydrogens is 293 g/mol. The molecule has 0 unspecified atom stereocenters. The van der Waals surface area contributed by atoms with Gasteiger partial charge in [-0.15, -0.1) is 0 Å². The number of aryl methyl sites for hydroxylation is 1. The lowest BCUT2D eigenvalue weighted by Gasteiger charge is -2.08. The minimum absolute atomic E-state index is 0.337. The first-order chi connectivity index (χ1) is 11.2. The van der Waals surface area contributed by atoms with Crippen molar-refractivity contribution >= 4 is 22.2 Å². The highest BCUT2D eigenvalue weighted by Crippen LogP contribution is 2.23. The second-order valence-corrected chi connectivity index (χ2v) is 5.27. The Morgan fingerprint density at radius 3 is 2.96 bits per heavy atom. The maximum absolute atomic E-state index is 14.1. The van der Waals surface area contributed by atoms with Crippen LogP contribution in [0.3, 0.4) is 0 Å². The van der Waals surface area contributed by atoms with Crippen LogP contribution in [-0.4, -0.2) is 19.4 Å². The molecule has 3 heterocycles. The zero-order valence-electron chi connectivity index (χ0n) is 12.5. The van der Waals surface area contributed by atoms with Crippen molar-refractivity contribution in [1.29, 1.82) is 0 Å². The number of rotatable bonds is 3. The summed E-state index contributed by atoms with van der Waals surface area (Å²) in [6.45, 7) is 2.41. The Bertz CT molecular complexity index is 1000. The molecule has 1 aromatic carbocycles. The van der Waals surface area contributed by atoms with Crippen LogP contribution in [0, 0.1) is 12.7 Å². The maximum Gasteiger partial charge on any atom is 0.140 e. The highest BCUT2D eigenvalue weighted by atomic mass is 19.1. The van der Waals surface area contributed by atoms with E-state index in [0.29, 0.717) is 23.3 Å². The van der Waals surface area contributed by atoms with Gasteiger partial charge in [0.1, 0.15) is 23.8 Å². The minimum Gasteiger partial charge on any atom is -0.364 e. The number of benzene rings is 1. The summed E-state index contributed by atoms with van der Waals surface area (Å²) in [5.74, 6) is 1.05. The Hall–Kier alpha value is -3.02. The van der Waals surface area contributed by atoms with Crippen LogP contribution in [0.15, 0.2) is 48.9 Å². The van der Waals surface area contributed by atoms with E-state index in [0.717, 1.165) is 17.0 Å². The molecule has 1 N–H and O–H groups in total. The molecule has 0 atom stereocenters. The Balaban J connectivity index is 1.72. The molecule has 3 aromatic heterocycles. The van der Waals surface area contributed by atoms with E-state index < -0.39 is 0 Å². The molecule has 0 saturated carbocycles. The Morgan fingerprint density at radius 1 is 1.13 bits per heavy atom. The van der Waals surface area contributed by atoms with Crippen LogP contribution in [0.25, 0.3) is 16.4 Å². The molecule has 23 heavy (non-hydrogen) atoms. The molecular formula is C17H14FN5. The van der Waals surface area contributed by atoms with Crippen LogP contribution < -0.4 is 5.32 Å². The SMILES string of the molecule is Cc1nc(CNc2ncnc3cccc(F)c23)c2ccccn12. The molecule has 5 nitrogen and oxygen atoms in total. The van der Waals surface area contributed by atoms with E-state index in [-0.39, 0.29) is 5.82 Å². The van der Waals surface area contributed by atoms with Gasteiger partial charge in [-0.2, -0.15) is 0 Å². The average molecular weight is 307 g/mol. The number of nitrogens with one attached hydrogen (secondary N) is 1. The van der Waals surface area contributed by atoms with Crippen molar-refractivity contribution < 1.29 is 4.39 Å². The Morgan fingerprint density at radius 2 is 2.04 bits per heavy atom. The van der Waals surface area contributed by atoms with E-state index in [1.54, 1.807) is 12.1 Å². The topological polar surface area (TPSA) is 55.1 Å². The van der Waals surface area contributed by atoms with Crippen LogP contribution in [0.2, 0.25) is 0 Å². The lowest BCUT2D eigenvalue weighted by Crippen LogP contribution is -2.04. The van der Waals surface area contributed by atoms with Gasteiger partial charge >= 0.3 is 0 Å². The largest absolute Gasteiger partial charge is 0.364 e. The second kappa shape index (κ2) is 5.31. The molecule has 0 fully saturated rings. The highest BCUT2D eigenvalue weighted by molar-refractivity contribution is 5.89. The zero-order valence-corrected chi connectivity index (χ0v) is 12.5. The molecule has 0 aliphatic heterocycles. The first-order valence-corrected chi connectivity index (χ1v) is 7.30. The van der Waals surface area contributed by atoms with Crippen molar-refractivity contribution in [3.63, 3.8) is 0 Å². The fraction of sp³-hybridized carbons (Fsp3) is 0.118. The van der Waals surface area contributed by atoms with Gasteiger partial charge in [0.05, 0.1) is 28.7 Å². The van der Waals surface area contributed by atoms with Gasteiger partial charge in [0.15, 0.2) is 0 Å². The molecule has 0 saturated heterocycles. The van der Waals surface area contributed by atoms with E-state index in [4.69, 9.17) is 0 Å². The Kier molecular flexibility index (Phi) is 3.15. The van der Waals surface area contributed by atoms with Gasteiger partial charge in [0.2, 0.25) is 0 Å². The quantitative estimate of drug-likeness (QED) is 0.631. The first kappa shape index (κ1) is 13.6. The average Bonchev–Trinajstić information content (AvgIpc) is 2.90. The van der Waals surface area contributed by atoms with Crippen molar-refractivity contribution in [3.05, 3.63) is 66.3 Å². The van der Waals surface area contributed by atoms with Gasteiger partial charge in [-0.25, -0.2) is 19.3 Å². The number of aromatic nitrogens is 4. The van der Waals surface area contributed by atoms with Crippen LogP contribution >= 0.6 is 0 Å². The predicted octanol–water partition coefficient (Wildman–Crippen LogP) is 3.34. The summed E-state index contributed by atoms with van der Waals surface area (Å²) in [6.07, 6.45) is 3.40. The first-order valence-electron chi connectivity index (χ1n) is 7.30. The fourth-order valence-electron chi connectivity index (χ4n) is 2.77. The molecule has 0 aliphatic rings. The number of anilines is 1. The normalized spacial score (nSPS) is 11.2. The van der Waals surface area contributed by atoms with Gasteiger partial charge in [-0.3, -0.25) is 0 Å². The summed E-state index contributed by atoms with van der Waals surface area (Å²) in [6, 6.07) is 10.8. The number of hydrogen-bond donors (Lipinski definition) is 1. The van der Waals surface area contributed by atoms with Gasteiger partial charge < -0.3 is 9.72 Å². The summed E-state index contributed by atoms with van der Waals surface area (Å²) in [5, 5.41) is 3.58. The third-order valence-electron chi connectivity index (χ3n) is 3.84. The number of hydrogen-bond acceptors (Lipinski definition) is 4. The van der Waals surface area contributed by atoms with Crippen LogP contribution in [0.4, 0.5) is 10.2 Å². The van der Waals surface area contributed by atoms with Crippen LogP contribution in [-0.2, 0) is 6.54 Å². The predicted molar refractivity (Wildman–Crippen MR) is 86.8 cm³/mol. The molecule has 0 bridgehead atoms. The van der Waals surface area contributed by atoms with Crippen LogP contribution in [0.1, 0.15) is 11.5 Å². The fourth-order valence-corrected chi connectivity index (χ4v) is 2.77.